The van der Waals surface area contributed by atoms with Gasteiger partial charge >= 0.3 is 0 Å². The van der Waals surface area contributed by atoms with Gasteiger partial charge in [0.15, 0.2) is 0 Å². The summed E-state index contributed by atoms with van der Waals surface area (Å²) in [6.45, 7) is 3.06. The standard InChI is InChI=1S/C13H12BrF2NO2S2/c1-7(13-9(15)4-3-5-10(13)16)17-21(18,19)11-6-12(14)20-8(11)2/h3-7,17H,1-2H3. The summed E-state index contributed by atoms with van der Waals surface area (Å²) in [6.07, 6.45) is 0. The molecule has 1 N–H and O–H groups in total. The number of halogens is 3. The number of aryl methyl sites for hydroxylation is 1. The Morgan fingerprint density at radius 2 is 1.86 bits per heavy atom. The van der Waals surface area contributed by atoms with Gasteiger partial charge < -0.3 is 0 Å². The molecule has 0 amide bonds. The van der Waals surface area contributed by atoms with Crippen LogP contribution in [0.25, 0.3) is 0 Å². The molecule has 1 aromatic carbocycles. The highest BCUT2D eigenvalue weighted by molar-refractivity contribution is 9.11. The molecule has 3 nitrogen and oxygen atoms in total. The molecule has 0 aliphatic carbocycles. The number of nitrogens with one attached hydrogen (secondary N) is 1. The van der Waals surface area contributed by atoms with Crippen molar-refractivity contribution in [1.29, 1.82) is 0 Å². The topological polar surface area (TPSA) is 46.2 Å². The number of hydrogen-bond donors (Lipinski definition) is 1. The maximum Gasteiger partial charge on any atom is 0.242 e. The number of sulfonamides is 1. The summed E-state index contributed by atoms with van der Waals surface area (Å²) in [7, 11) is -3.85. The van der Waals surface area contributed by atoms with Crippen molar-refractivity contribution in [2.75, 3.05) is 0 Å². The fraction of sp³-hybridized carbons (Fsp3) is 0.231. The third-order valence-electron chi connectivity index (χ3n) is 2.90. The zero-order chi connectivity index (χ0) is 15.8. The molecule has 0 radical (unpaired) electrons. The third kappa shape index (κ3) is 3.50. The lowest BCUT2D eigenvalue weighted by Crippen LogP contribution is -2.28. The summed E-state index contributed by atoms with van der Waals surface area (Å²) in [6, 6.07) is 3.86. The van der Waals surface area contributed by atoms with E-state index < -0.39 is 27.7 Å². The molecule has 1 atom stereocenters. The van der Waals surface area contributed by atoms with Crippen molar-refractivity contribution < 1.29 is 17.2 Å². The molecule has 2 aromatic rings. The Labute approximate surface area is 134 Å². The fourth-order valence-electron chi connectivity index (χ4n) is 1.98. The van der Waals surface area contributed by atoms with Crippen molar-refractivity contribution in [3.8, 4) is 0 Å². The number of thiophene rings is 1. The summed E-state index contributed by atoms with van der Waals surface area (Å²) >= 11 is 4.49. The molecular formula is C13H12BrF2NO2S2. The van der Waals surface area contributed by atoms with Crippen molar-refractivity contribution in [3.05, 3.63) is 50.1 Å². The van der Waals surface area contributed by atoms with Gasteiger partial charge in [0.25, 0.3) is 0 Å². The van der Waals surface area contributed by atoms with E-state index in [9.17, 15) is 17.2 Å². The van der Waals surface area contributed by atoms with E-state index in [-0.39, 0.29) is 10.5 Å². The predicted octanol–water partition coefficient (Wildman–Crippen LogP) is 4.14. The molecule has 0 saturated heterocycles. The lowest BCUT2D eigenvalue weighted by Gasteiger charge is -2.16. The van der Waals surface area contributed by atoms with Crippen LogP contribution in [0.5, 0.6) is 0 Å². The van der Waals surface area contributed by atoms with Crippen LogP contribution in [0.1, 0.15) is 23.4 Å². The van der Waals surface area contributed by atoms with Crippen LogP contribution < -0.4 is 4.72 Å². The van der Waals surface area contributed by atoms with E-state index in [2.05, 4.69) is 20.7 Å². The minimum atomic E-state index is -3.85. The van der Waals surface area contributed by atoms with E-state index >= 15 is 0 Å². The smallest absolute Gasteiger partial charge is 0.207 e. The second-order valence-electron chi connectivity index (χ2n) is 4.45. The third-order valence-corrected chi connectivity index (χ3v) is 6.25. The number of benzene rings is 1. The van der Waals surface area contributed by atoms with Gasteiger partial charge in [0.1, 0.15) is 11.6 Å². The largest absolute Gasteiger partial charge is 0.242 e. The Balaban J connectivity index is 2.35. The highest BCUT2D eigenvalue weighted by atomic mass is 79.9. The Morgan fingerprint density at radius 3 is 2.33 bits per heavy atom. The highest BCUT2D eigenvalue weighted by Gasteiger charge is 2.25. The van der Waals surface area contributed by atoms with Gasteiger partial charge in [-0.15, -0.1) is 11.3 Å². The Morgan fingerprint density at radius 1 is 1.29 bits per heavy atom. The Bertz CT molecular complexity index is 754. The van der Waals surface area contributed by atoms with Gasteiger partial charge in [-0.25, -0.2) is 21.9 Å². The van der Waals surface area contributed by atoms with Crippen molar-refractivity contribution in [2.24, 2.45) is 0 Å². The maximum atomic E-state index is 13.7. The molecule has 0 fully saturated rings. The molecule has 0 spiro atoms. The van der Waals surface area contributed by atoms with Crippen molar-refractivity contribution in [1.82, 2.24) is 4.72 Å². The predicted molar refractivity (Wildman–Crippen MR) is 81.9 cm³/mol. The van der Waals surface area contributed by atoms with Gasteiger partial charge in [0.2, 0.25) is 10.0 Å². The molecule has 0 bridgehead atoms. The number of hydrogen-bond acceptors (Lipinski definition) is 3. The summed E-state index contributed by atoms with van der Waals surface area (Å²) in [5.41, 5.74) is -0.298. The Hall–Kier alpha value is -0.830. The quantitative estimate of drug-likeness (QED) is 0.845. The van der Waals surface area contributed by atoms with Gasteiger partial charge in [-0.05, 0) is 48.0 Å². The van der Waals surface area contributed by atoms with Crippen LogP contribution >= 0.6 is 27.3 Å². The first-order valence-corrected chi connectivity index (χ1v) is 9.04. The number of rotatable bonds is 4. The summed E-state index contributed by atoms with van der Waals surface area (Å²) < 4.78 is 54.9. The van der Waals surface area contributed by atoms with Gasteiger partial charge in [0, 0.05) is 16.5 Å². The van der Waals surface area contributed by atoms with Crippen LogP contribution in [0.2, 0.25) is 0 Å². The normalized spacial score (nSPS) is 13.4. The first kappa shape index (κ1) is 16.5. The summed E-state index contributed by atoms with van der Waals surface area (Å²) in [4.78, 5) is 0.693. The lowest BCUT2D eigenvalue weighted by molar-refractivity contribution is 0.515. The van der Waals surface area contributed by atoms with Gasteiger partial charge in [-0.2, -0.15) is 0 Å². The lowest BCUT2D eigenvalue weighted by atomic mass is 10.1. The average Bonchev–Trinajstić information content (AvgIpc) is 2.68. The average molecular weight is 396 g/mol. The van der Waals surface area contributed by atoms with Crippen LogP contribution in [0.15, 0.2) is 32.9 Å². The molecule has 1 aromatic heterocycles. The first-order valence-electron chi connectivity index (χ1n) is 5.94. The molecule has 1 unspecified atom stereocenters. The van der Waals surface area contributed by atoms with Crippen LogP contribution in [0.3, 0.4) is 0 Å². The van der Waals surface area contributed by atoms with E-state index in [1.54, 1.807) is 6.92 Å². The van der Waals surface area contributed by atoms with E-state index in [1.807, 2.05) is 0 Å². The molecule has 114 valence electrons. The minimum Gasteiger partial charge on any atom is -0.207 e. The highest BCUT2D eigenvalue weighted by Crippen LogP contribution is 2.31. The van der Waals surface area contributed by atoms with Crippen LogP contribution in [0.4, 0.5) is 8.78 Å². The molecule has 0 saturated carbocycles. The van der Waals surface area contributed by atoms with E-state index in [1.165, 1.54) is 30.4 Å². The van der Waals surface area contributed by atoms with Crippen molar-refractivity contribution >= 4 is 37.3 Å². The molecule has 1 heterocycles. The van der Waals surface area contributed by atoms with Crippen molar-refractivity contribution in [3.63, 3.8) is 0 Å². The van der Waals surface area contributed by atoms with Crippen LogP contribution in [-0.2, 0) is 10.0 Å². The fourth-order valence-corrected chi connectivity index (χ4v) is 5.61. The van der Waals surface area contributed by atoms with E-state index in [0.29, 0.717) is 8.66 Å². The maximum absolute atomic E-state index is 13.7. The van der Waals surface area contributed by atoms with Crippen molar-refractivity contribution in [2.45, 2.75) is 24.8 Å². The van der Waals surface area contributed by atoms with Gasteiger partial charge in [-0.1, -0.05) is 6.07 Å². The van der Waals surface area contributed by atoms with Gasteiger partial charge in [0.05, 0.1) is 8.68 Å². The minimum absolute atomic E-state index is 0.1000. The van der Waals surface area contributed by atoms with E-state index in [4.69, 9.17) is 0 Å². The SMILES string of the molecule is Cc1sc(Br)cc1S(=O)(=O)NC(C)c1c(F)cccc1F. The monoisotopic (exact) mass is 395 g/mol. The van der Waals surface area contributed by atoms with Gasteiger partial charge in [-0.3, -0.25) is 0 Å². The molecule has 2 rings (SSSR count). The molecule has 21 heavy (non-hydrogen) atoms. The zero-order valence-corrected chi connectivity index (χ0v) is 14.4. The summed E-state index contributed by atoms with van der Waals surface area (Å²) in [5, 5.41) is 0. The van der Waals surface area contributed by atoms with Crippen LogP contribution in [0, 0.1) is 18.6 Å². The summed E-state index contributed by atoms with van der Waals surface area (Å²) in [5.74, 6) is -1.57. The molecule has 8 heteroatoms. The Kier molecular flexibility index (Phi) is 4.82. The van der Waals surface area contributed by atoms with E-state index in [0.717, 1.165) is 12.1 Å². The molecule has 0 aliphatic rings. The molecule has 0 aliphatic heterocycles. The second kappa shape index (κ2) is 6.12. The van der Waals surface area contributed by atoms with Crippen LogP contribution in [-0.4, -0.2) is 8.42 Å². The second-order valence-corrected chi connectivity index (χ2v) is 8.77. The zero-order valence-electron chi connectivity index (χ0n) is 11.2. The first-order chi connectivity index (χ1) is 9.72. The molecular weight excluding hydrogens is 384 g/mol.